The molecule has 4 rings (SSSR count). The van der Waals surface area contributed by atoms with E-state index in [-0.39, 0.29) is 24.5 Å². The van der Waals surface area contributed by atoms with E-state index in [1.54, 1.807) is 48.5 Å². The minimum absolute atomic E-state index is 0.0813. The van der Waals surface area contributed by atoms with Crippen LogP contribution >= 0.6 is 27.5 Å². The van der Waals surface area contributed by atoms with Gasteiger partial charge in [-0.1, -0.05) is 51.8 Å². The van der Waals surface area contributed by atoms with Gasteiger partial charge in [-0.2, -0.15) is 18.3 Å². The molecule has 2 heterocycles. The predicted molar refractivity (Wildman–Crippen MR) is 115 cm³/mol. The first-order valence-corrected chi connectivity index (χ1v) is 10.6. The molecule has 162 valence electrons. The molecule has 0 aliphatic carbocycles. The van der Waals surface area contributed by atoms with Crippen LogP contribution in [0.1, 0.15) is 40.1 Å². The van der Waals surface area contributed by atoms with E-state index in [9.17, 15) is 18.0 Å². The fourth-order valence-corrected chi connectivity index (χ4v) is 3.86. The van der Waals surface area contributed by atoms with Crippen molar-refractivity contribution in [2.24, 2.45) is 0 Å². The third-order valence-corrected chi connectivity index (χ3v) is 5.84. The van der Waals surface area contributed by atoms with Crippen LogP contribution in [0.5, 0.6) is 0 Å². The average molecular weight is 514 g/mol. The summed E-state index contributed by atoms with van der Waals surface area (Å²) in [5.74, 6) is -0.405. The fourth-order valence-electron chi connectivity index (χ4n) is 3.47. The Morgan fingerprint density at radius 3 is 2.52 bits per heavy atom. The lowest BCUT2D eigenvalue weighted by atomic mass is 9.97. The third-order valence-electron chi connectivity index (χ3n) is 5.06. The number of nitrogens with one attached hydrogen (secondary N) is 2. The topological polar surface area (TPSA) is 59.0 Å². The number of amides is 1. The second-order valence-corrected chi connectivity index (χ2v) is 8.56. The van der Waals surface area contributed by atoms with Crippen molar-refractivity contribution in [3.63, 3.8) is 0 Å². The highest BCUT2D eigenvalue weighted by atomic mass is 79.9. The van der Waals surface area contributed by atoms with E-state index in [4.69, 9.17) is 11.6 Å². The van der Waals surface area contributed by atoms with Gasteiger partial charge >= 0.3 is 6.18 Å². The third kappa shape index (κ3) is 4.88. The van der Waals surface area contributed by atoms with Crippen LogP contribution in [0.3, 0.4) is 0 Å². The van der Waals surface area contributed by atoms with E-state index in [0.717, 1.165) is 20.3 Å². The number of rotatable bonds is 4. The van der Waals surface area contributed by atoms with Crippen LogP contribution in [-0.4, -0.2) is 21.9 Å². The molecular weight excluding hydrogens is 497 g/mol. The monoisotopic (exact) mass is 512 g/mol. The molecule has 1 aromatic heterocycles. The summed E-state index contributed by atoms with van der Waals surface area (Å²) in [6.07, 6.45) is -4.74. The summed E-state index contributed by atoms with van der Waals surface area (Å²) in [7, 11) is 0. The zero-order valence-corrected chi connectivity index (χ0v) is 18.3. The predicted octanol–water partition coefficient (Wildman–Crippen LogP) is 5.89. The molecular formula is C21H17BrClF3N4O. The van der Waals surface area contributed by atoms with Gasteiger partial charge in [0.25, 0.3) is 5.91 Å². The van der Waals surface area contributed by atoms with Crippen molar-refractivity contribution in [3.8, 4) is 0 Å². The van der Waals surface area contributed by atoms with Crippen LogP contribution in [0.15, 0.2) is 59.1 Å². The van der Waals surface area contributed by atoms with E-state index in [0.29, 0.717) is 5.02 Å². The number of hydrogen-bond donors (Lipinski definition) is 2. The summed E-state index contributed by atoms with van der Waals surface area (Å²) in [5.41, 5.74) is 1.45. The molecule has 3 aromatic rings. The van der Waals surface area contributed by atoms with Crippen LogP contribution in [-0.2, 0) is 6.54 Å². The van der Waals surface area contributed by atoms with Gasteiger partial charge < -0.3 is 10.6 Å². The number of nitrogens with zero attached hydrogens (tertiary/aromatic N) is 2. The maximum absolute atomic E-state index is 13.8. The molecule has 0 unspecified atom stereocenters. The number of fused-ring (bicyclic) bond motifs is 1. The van der Waals surface area contributed by atoms with Crippen molar-refractivity contribution in [2.75, 3.05) is 5.32 Å². The molecule has 2 N–H and O–H groups in total. The lowest BCUT2D eigenvalue weighted by Gasteiger charge is -2.33. The first kappa shape index (κ1) is 21.7. The SMILES string of the molecule is O=C(NCc1ccc(Cl)cc1)c1cc2n(n1)[C@@H](C(F)(F)F)C[C@@H](c1ccc(Br)cc1)N2. The number of benzene rings is 2. The van der Waals surface area contributed by atoms with E-state index in [1.807, 2.05) is 0 Å². The van der Waals surface area contributed by atoms with Crippen LogP contribution in [0, 0.1) is 0 Å². The Balaban J connectivity index is 1.56. The Morgan fingerprint density at radius 1 is 1.19 bits per heavy atom. The van der Waals surface area contributed by atoms with Gasteiger partial charge in [0, 0.05) is 28.5 Å². The summed E-state index contributed by atoms with van der Waals surface area (Å²) in [5, 5.41) is 10.3. The van der Waals surface area contributed by atoms with Crippen LogP contribution < -0.4 is 10.6 Å². The van der Waals surface area contributed by atoms with Gasteiger partial charge in [0.1, 0.15) is 5.82 Å². The molecule has 0 saturated carbocycles. The number of aromatic nitrogens is 2. The van der Waals surface area contributed by atoms with Crippen LogP contribution in [0.4, 0.5) is 19.0 Å². The molecule has 1 amide bonds. The number of hydrogen-bond acceptors (Lipinski definition) is 3. The molecule has 0 spiro atoms. The van der Waals surface area contributed by atoms with E-state index in [2.05, 4.69) is 31.7 Å². The summed E-state index contributed by atoms with van der Waals surface area (Å²) in [6.45, 7) is 0.204. The number of halogens is 5. The van der Waals surface area contributed by atoms with Gasteiger partial charge in [0.2, 0.25) is 0 Å². The fraction of sp³-hybridized carbons (Fsp3) is 0.238. The lowest BCUT2D eigenvalue weighted by Crippen LogP contribution is -2.35. The Hall–Kier alpha value is -2.52. The van der Waals surface area contributed by atoms with Gasteiger partial charge in [-0.3, -0.25) is 4.79 Å². The van der Waals surface area contributed by atoms with Gasteiger partial charge in [0.15, 0.2) is 11.7 Å². The first-order chi connectivity index (χ1) is 14.7. The molecule has 5 nitrogen and oxygen atoms in total. The number of anilines is 1. The summed E-state index contributed by atoms with van der Waals surface area (Å²) < 4.78 is 43.0. The normalized spacial score (nSPS) is 18.2. The lowest BCUT2D eigenvalue weighted by molar-refractivity contribution is -0.173. The highest BCUT2D eigenvalue weighted by molar-refractivity contribution is 9.10. The standard InChI is InChI=1S/C21H17BrClF3N4O/c22-14-5-3-13(4-6-14)16-9-18(21(24,25)26)30-19(28-16)10-17(29-30)20(31)27-11-12-1-7-15(23)8-2-12/h1-8,10,16,18,28H,9,11H2,(H,27,31)/t16-,18+/m0/s1. The Labute approximate surface area is 189 Å². The highest BCUT2D eigenvalue weighted by Crippen LogP contribution is 2.43. The van der Waals surface area contributed by atoms with E-state index in [1.165, 1.54) is 6.07 Å². The Bertz CT molecular complexity index is 1080. The quantitative estimate of drug-likeness (QED) is 0.457. The van der Waals surface area contributed by atoms with Crippen molar-refractivity contribution in [1.29, 1.82) is 0 Å². The average Bonchev–Trinajstić information content (AvgIpc) is 3.16. The molecule has 2 aromatic carbocycles. The summed E-state index contributed by atoms with van der Waals surface area (Å²) >= 11 is 9.17. The van der Waals surface area contributed by atoms with Gasteiger partial charge in [-0.25, -0.2) is 4.68 Å². The molecule has 0 fully saturated rings. The molecule has 2 atom stereocenters. The van der Waals surface area contributed by atoms with Crippen molar-refractivity contribution < 1.29 is 18.0 Å². The van der Waals surface area contributed by atoms with Gasteiger partial charge in [-0.05, 0) is 35.4 Å². The van der Waals surface area contributed by atoms with Crippen LogP contribution in [0.2, 0.25) is 5.02 Å². The molecule has 0 saturated heterocycles. The maximum atomic E-state index is 13.8. The Kier molecular flexibility index (Phi) is 5.98. The zero-order valence-electron chi connectivity index (χ0n) is 16.0. The second kappa shape index (κ2) is 8.55. The number of carbonyl (C=O) groups excluding carboxylic acids is 1. The molecule has 1 aliphatic heterocycles. The maximum Gasteiger partial charge on any atom is 0.410 e. The zero-order chi connectivity index (χ0) is 22.2. The van der Waals surface area contributed by atoms with Crippen molar-refractivity contribution in [2.45, 2.75) is 31.2 Å². The molecule has 10 heteroatoms. The molecule has 31 heavy (non-hydrogen) atoms. The minimum Gasteiger partial charge on any atom is -0.363 e. The molecule has 1 aliphatic rings. The second-order valence-electron chi connectivity index (χ2n) is 7.21. The molecule has 0 bridgehead atoms. The van der Waals surface area contributed by atoms with Crippen molar-refractivity contribution >= 4 is 39.3 Å². The van der Waals surface area contributed by atoms with Crippen molar-refractivity contribution in [3.05, 3.63) is 80.9 Å². The Morgan fingerprint density at radius 2 is 1.87 bits per heavy atom. The van der Waals surface area contributed by atoms with Gasteiger partial charge in [0.05, 0.1) is 6.04 Å². The van der Waals surface area contributed by atoms with E-state index >= 15 is 0 Å². The first-order valence-electron chi connectivity index (χ1n) is 9.41. The van der Waals surface area contributed by atoms with Gasteiger partial charge in [-0.15, -0.1) is 0 Å². The summed E-state index contributed by atoms with van der Waals surface area (Å²) in [6, 6.07) is 12.9. The smallest absolute Gasteiger partial charge is 0.363 e. The summed E-state index contributed by atoms with van der Waals surface area (Å²) in [4.78, 5) is 12.5. The highest BCUT2D eigenvalue weighted by Gasteiger charge is 2.46. The number of alkyl halides is 3. The largest absolute Gasteiger partial charge is 0.410 e. The minimum atomic E-state index is -4.51. The van der Waals surface area contributed by atoms with Crippen molar-refractivity contribution in [1.82, 2.24) is 15.1 Å². The molecule has 0 radical (unpaired) electrons. The number of carbonyl (C=O) groups is 1. The van der Waals surface area contributed by atoms with E-state index < -0.39 is 24.2 Å². The van der Waals surface area contributed by atoms with Crippen LogP contribution in [0.25, 0.3) is 0 Å².